The number of amidine groups is 1. The van der Waals surface area contributed by atoms with Gasteiger partial charge in [0.25, 0.3) is 5.91 Å². The fourth-order valence-corrected chi connectivity index (χ4v) is 5.69. The zero-order valence-corrected chi connectivity index (χ0v) is 28.1. The molecule has 1 heterocycles. The number of carboxylic acids is 1. The van der Waals surface area contributed by atoms with Crippen molar-refractivity contribution >= 4 is 39.5 Å². The van der Waals surface area contributed by atoms with Crippen molar-refractivity contribution in [1.82, 2.24) is 9.79 Å². The average Bonchev–Trinajstić information content (AvgIpc) is 3.17. The number of benzene rings is 2. The molecule has 0 radical (unpaired) electrons. The number of nitrogens with two attached hydrogens (primary N) is 1. The lowest BCUT2D eigenvalue weighted by atomic mass is 9.91. The van der Waals surface area contributed by atoms with Crippen molar-refractivity contribution in [3.63, 3.8) is 0 Å². The van der Waals surface area contributed by atoms with Crippen LogP contribution in [0, 0.1) is 5.41 Å². The van der Waals surface area contributed by atoms with Gasteiger partial charge in [0, 0.05) is 37.3 Å². The number of aliphatic imine (C=N–C) groups is 1. The summed E-state index contributed by atoms with van der Waals surface area (Å²) < 4.78 is 39.7. The third kappa shape index (κ3) is 10.7. The zero-order chi connectivity index (χ0) is 33.9. The minimum Gasteiger partial charge on any atom is -0.479 e. The third-order valence-corrected chi connectivity index (χ3v) is 8.67. The number of nitrogens with one attached hydrogen (secondary N) is 1. The van der Waals surface area contributed by atoms with Gasteiger partial charge in [-0.2, -0.15) is 0 Å². The van der Waals surface area contributed by atoms with E-state index in [4.69, 9.17) is 25.2 Å². The lowest BCUT2D eigenvalue weighted by Crippen LogP contribution is -2.34. The maximum Gasteiger partial charge on any atom is 0.332 e. The van der Waals surface area contributed by atoms with Crippen molar-refractivity contribution < 1.29 is 37.4 Å². The summed E-state index contributed by atoms with van der Waals surface area (Å²) in [5.41, 5.74) is 9.11. The van der Waals surface area contributed by atoms with Crippen LogP contribution in [0.15, 0.2) is 57.9 Å². The Balaban J connectivity index is 1.65. The quantitative estimate of drug-likeness (QED) is 0.154. The Labute approximate surface area is 271 Å². The molecule has 1 aliphatic heterocycles. The average molecular weight is 659 g/mol. The van der Waals surface area contributed by atoms with E-state index in [9.17, 15) is 18.0 Å². The lowest BCUT2D eigenvalue weighted by molar-refractivity contribution is -0.180. The van der Waals surface area contributed by atoms with E-state index in [2.05, 4.69) is 9.71 Å². The summed E-state index contributed by atoms with van der Waals surface area (Å²) in [6.07, 6.45) is 2.41. The van der Waals surface area contributed by atoms with Gasteiger partial charge in [-0.3, -0.25) is 9.63 Å². The highest BCUT2D eigenvalue weighted by Gasteiger charge is 2.23. The molecule has 46 heavy (non-hydrogen) atoms. The highest BCUT2D eigenvalue weighted by Crippen LogP contribution is 2.33. The molecule has 3 rings (SSSR count). The molecule has 252 valence electrons. The fourth-order valence-electron chi connectivity index (χ4n) is 4.63. The number of hydrogen-bond acceptors (Lipinski definition) is 9. The van der Waals surface area contributed by atoms with Crippen LogP contribution in [0.25, 0.3) is 17.2 Å². The lowest BCUT2D eigenvalue weighted by Gasteiger charge is -2.24. The highest BCUT2D eigenvalue weighted by atomic mass is 32.2. The first-order valence-electron chi connectivity index (χ1n) is 15.4. The zero-order valence-electron chi connectivity index (χ0n) is 27.2. The second kappa shape index (κ2) is 16.8. The molecule has 1 aliphatic rings. The fraction of sp³-hybridized carbons (Fsp3) is 0.485. The van der Waals surface area contributed by atoms with Crippen LogP contribution in [0.3, 0.4) is 0 Å². The number of carbonyl (C=O) groups is 2. The monoisotopic (exact) mass is 658 g/mol. The molecule has 12 nitrogen and oxygen atoms in total. The van der Waals surface area contributed by atoms with Gasteiger partial charge in [-0.25, -0.2) is 28.0 Å². The maximum absolute atomic E-state index is 13.2. The molecular formula is C33H46N4O8S. The summed E-state index contributed by atoms with van der Waals surface area (Å²) in [7, 11) is -3.82. The van der Waals surface area contributed by atoms with Gasteiger partial charge in [0.05, 0.1) is 30.4 Å². The predicted molar refractivity (Wildman–Crippen MR) is 177 cm³/mol. The van der Waals surface area contributed by atoms with E-state index in [1.807, 2.05) is 52.0 Å². The number of sulfonamides is 1. The van der Waals surface area contributed by atoms with E-state index in [0.717, 1.165) is 17.5 Å². The number of hydroxylamine groups is 2. The van der Waals surface area contributed by atoms with Crippen molar-refractivity contribution in [2.75, 3.05) is 39.5 Å². The van der Waals surface area contributed by atoms with E-state index >= 15 is 0 Å². The molecule has 0 aliphatic carbocycles. The van der Waals surface area contributed by atoms with Crippen LogP contribution in [-0.2, 0) is 33.9 Å². The summed E-state index contributed by atoms with van der Waals surface area (Å²) in [5.74, 6) is -0.978. The molecule has 1 atom stereocenters. The molecule has 4 N–H and O–H groups in total. The van der Waals surface area contributed by atoms with Gasteiger partial charge in [0.15, 0.2) is 6.10 Å². The molecule has 1 unspecified atom stereocenters. The van der Waals surface area contributed by atoms with E-state index in [1.165, 1.54) is 18.1 Å². The first kappa shape index (κ1) is 36.8. The van der Waals surface area contributed by atoms with Crippen LogP contribution >= 0.6 is 0 Å². The Morgan fingerprint density at radius 3 is 2.57 bits per heavy atom. The van der Waals surface area contributed by atoms with Crippen LogP contribution in [0.2, 0.25) is 0 Å². The molecule has 13 heteroatoms. The molecule has 2 aromatic carbocycles. The van der Waals surface area contributed by atoms with Crippen LogP contribution in [0.1, 0.15) is 59.4 Å². The summed E-state index contributed by atoms with van der Waals surface area (Å²) in [6, 6.07) is 12.1. The molecule has 0 fully saturated rings. The molecular weight excluding hydrogens is 612 g/mol. The van der Waals surface area contributed by atoms with E-state index < -0.39 is 22.1 Å². The summed E-state index contributed by atoms with van der Waals surface area (Å²) in [6.45, 7) is 10.9. The summed E-state index contributed by atoms with van der Waals surface area (Å²) in [4.78, 5) is 34.2. The highest BCUT2D eigenvalue weighted by molar-refractivity contribution is 7.89. The number of carbonyl (C=O) groups excluding carboxylic acids is 1. The molecule has 0 saturated heterocycles. The Hall–Kier alpha value is -3.62. The first-order valence-corrected chi connectivity index (χ1v) is 16.9. The van der Waals surface area contributed by atoms with Crippen LogP contribution in [0.5, 0.6) is 0 Å². The van der Waals surface area contributed by atoms with Crippen molar-refractivity contribution in [2.24, 2.45) is 16.1 Å². The van der Waals surface area contributed by atoms with Crippen molar-refractivity contribution in [1.29, 1.82) is 0 Å². The van der Waals surface area contributed by atoms with Gasteiger partial charge >= 0.3 is 5.97 Å². The number of aliphatic carboxylic acids is 1. The normalized spacial score (nSPS) is 14.1. The number of carboxylic acid groups (broad SMARTS) is 1. The Morgan fingerprint density at radius 2 is 1.87 bits per heavy atom. The molecule has 0 aromatic heterocycles. The number of rotatable bonds is 18. The molecule has 1 amide bonds. The van der Waals surface area contributed by atoms with Crippen molar-refractivity contribution in [3.8, 4) is 11.1 Å². The number of hydrogen-bond donors (Lipinski definition) is 3. The second-order valence-electron chi connectivity index (χ2n) is 11.8. The van der Waals surface area contributed by atoms with Gasteiger partial charge in [-0.15, -0.1) is 0 Å². The van der Waals surface area contributed by atoms with E-state index in [-0.39, 0.29) is 48.2 Å². The Bertz CT molecular complexity index is 1530. The summed E-state index contributed by atoms with van der Waals surface area (Å²) >= 11 is 0. The van der Waals surface area contributed by atoms with Crippen LogP contribution < -0.4 is 10.5 Å². The van der Waals surface area contributed by atoms with Gasteiger partial charge in [-0.1, -0.05) is 45.0 Å². The Kier molecular flexibility index (Phi) is 13.5. The van der Waals surface area contributed by atoms with Crippen molar-refractivity contribution in [2.45, 2.75) is 64.9 Å². The first-order chi connectivity index (χ1) is 21.8. The predicted octanol–water partition coefficient (Wildman–Crippen LogP) is 4.52. The van der Waals surface area contributed by atoms with Gasteiger partial charge in [0.2, 0.25) is 10.0 Å². The Morgan fingerprint density at radius 1 is 1.13 bits per heavy atom. The molecule has 2 aromatic rings. The van der Waals surface area contributed by atoms with Crippen LogP contribution in [-0.4, -0.2) is 81.9 Å². The number of ether oxygens (including phenoxy) is 2. The third-order valence-electron chi connectivity index (χ3n) is 7.21. The van der Waals surface area contributed by atoms with Gasteiger partial charge < -0.3 is 20.3 Å². The minimum absolute atomic E-state index is 0.0778. The number of nitrogens with zero attached hydrogens (tertiary/aromatic N) is 2. The minimum atomic E-state index is -3.82. The smallest absolute Gasteiger partial charge is 0.332 e. The van der Waals surface area contributed by atoms with E-state index in [0.29, 0.717) is 43.0 Å². The van der Waals surface area contributed by atoms with Crippen LogP contribution in [0.4, 0.5) is 5.69 Å². The standard InChI is InChI=1S/C33H46N4O8S/c1-6-15-37(45-7-2)31(38)27-18-26-12-11-25(20-29(26)36-30(34)21-27)24-9-8-10-28(19-24)46(41,42)35-14-17-43-22-33(4,5)13-16-44-23(3)32(39)40/h8-12,18-20,23,35H,6-7,13-17,21-22H2,1-5H3,(H2,34,36)(H,39,40). The number of amides is 1. The van der Waals surface area contributed by atoms with Gasteiger partial charge in [0.1, 0.15) is 5.84 Å². The number of fused-ring (bicyclic) bond motifs is 1. The topological polar surface area (TPSA) is 170 Å². The molecule has 0 saturated carbocycles. The maximum atomic E-state index is 13.2. The second-order valence-corrected chi connectivity index (χ2v) is 13.6. The summed E-state index contributed by atoms with van der Waals surface area (Å²) in [5, 5.41) is 10.3. The van der Waals surface area contributed by atoms with Crippen molar-refractivity contribution in [3.05, 3.63) is 53.6 Å². The molecule has 0 spiro atoms. The SMILES string of the molecule is CCCN(OCC)C(=O)C1=Cc2ccc(-c3cccc(S(=O)(=O)NCCOCC(C)(C)CCOC(C)C(=O)O)c3)cc2N=C(N)C1. The van der Waals surface area contributed by atoms with E-state index in [1.54, 1.807) is 18.2 Å². The molecule has 0 bridgehead atoms. The van der Waals surface area contributed by atoms with Gasteiger partial charge in [-0.05, 0) is 67.5 Å². The largest absolute Gasteiger partial charge is 0.479 e.